The molecule has 1 unspecified atom stereocenters. The van der Waals surface area contributed by atoms with Crippen LogP contribution in [0.5, 0.6) is 0 Å². The molecule has 94 valence electrons. The van der Waals surface area contributed by atoms with Crippen molar-refractivity contribution in [1.29, 1.82) is 0 Å². The van der Waals surface area contributed by atoms with Gasteiger partial charge in [-0.25, -0.2) is 0 Å². The summed E-state index contributed by atoms with van der Waals surface area (Å²) in [5, 5.41) is 0. The van der Waals surface area contributed by atoms with Gasteiger partial charge in [0.15, 0.2) is 0 Å². The summed E-state index contributed by atoms with van der Waals surface area (Å²) in [7, 11) is 1.55. The van der Waals surface area contributed by atoms with Gasteiger partial charge in [0.25, 0.3) is 11.9 Å². The highest BCUT2D eigenvalue weighted by Gasteiger charge is 2.55. The van der Waals surface area contributed by atoms with E-state index in [0.717, 1.165) is 11.3 Å². The number of ether oxygens (including phenoxy) is 2. The summed E-state index contributed by atoms with van der Waals surface area (Å²) in [4.78, 5) is 14.4. The molecule has 4 nitrogen and oxygen atoms in total. The fourth-order valence-electron chi connectivity index (χ4n) is 2.71. The molecule has 3 rings (SSSR count). The standard InChI is InChI=1S/C14H15NO3/c1-3-15-11-7-5-4-6-10(11)14(13(15)16)9-8-12(17-2)18-14/h4-8H,3,9H2,1-2H3. The van der Waals surface area contributed by atoms with E-state index in [1.54, 1.807) is 12.0 Å². The number of carbonyl (C=O) groups is 1. The summed E-state index contributed by atoms with van der Waals surface area (Å²) in [5.41, 5.74) is 0.966. The predicted octanol–water partition coefficient (Wildman–Crippen LogP) is 2.16. The smallest absolute Gasteiger partial charge is 0.276 e. The van der Waals surface area contributed by atoms with Crippen LogP contribution in [0.15, 0.2) is 36.3 Å². The van der Waals surface area contributed by atoms with Crippen LogP contribution in [0.1, 0.15) is 18.9 Å². The van der Waals surface area contributed by atoms with Gasteiger partial charge in [0.1, 0.15) is 0 Å². The van der Waals surface area contributed by atoms with E-state index in [0.29, 0.717) is 18.9 Å². The van der Waals surface area contributed by atoms with Crippen LogP contribution < -0.4 is 4.90 Å². The summed E-state index contributed by atoms with van der Waals surface area (Å²) in [6.07, 6.45) is 2.36. The van der Waals surface area contributed by atoms with Crippen LogP contribution in [0.4, 0.5) is 5.69 Å². The Labute approximate surface area is 106 Å². The third-order valence-electron chi connectivity index (χ3n) is 3.57. The number of methoxy groups -OCH3 is 1. The van der Waals surface area contributed by atoms with Crippen LogP contribution in [-0.4, -0.2) is 19.6 Å². The Morgan fingerprint density at radius 1 is 1.44 bits per heavy atom. The van der Waals surface area contributed by atoms with E-state index in [1.165, 1.54) is 0 Å². The van der Waals surface area contributed by atoms with Gasteiger partial charge in [0, 0.05) is 24.6 Å². The number of anilines is 1. The number of hydrogen-bond donors (Lipinski definition) is 0. The maximum absolute atomic E-state index is 12.6. The van der Waals surface area contributed by atoms with Gasteiger partial charge in [-0.2, -0.15) is 0 Å². The van der Waals surface area contributed by atoms with Gasteiger partial charge >= 0.3 is 0 Å². The second kappa shape index (κ2) is 3.77. The molecule has 2 aliphatic rings. The second-order valence-electron chi connectivity index (χ2n) is 4.43. The number of rotatable bonds is 2. The summed E-state index contributed by atoms with van der Waals surface area (Å²) < 4.78 is 10.9. The Bertz CT molecular complexity index is 538. The molecule has 1 spiro atoms. The molecular weight excluding hydrogens is 230 g/mol. The lowest BCUT2D eigenvalue weighted by molar-refractivity contribution is -0.140. The van der Waals surface area contributed by atoms with Crippen molar-refractivity contribution in [3.63, 3.8) is 0 Å². The van der Waals surface area contributed by atoms with Gasteiger partial charge in [-0.3, -0.25) is 4.79 Å². The van der Waals surface area contributed by atoms with Crippen LogP contribution >= 0.6 is 0 Å². The van der Waals surface area contributed by atoms with Crippen molar-refractivity contribution in [2.75, 3.05) is 18.6 Å². The summed E-state index contributed by atoms with van der Waals surface area (Å²) in [6, 6.07) is 7.78. The zero-order chi connectivity index (χ0) is 12.8. The predicted molar refractivity (Wildman–Crippen MR) is 66.9 cm³/mol. The van der Waals surface area contributed by atoms with Crippen molar-refractivity contribution < 1.29 is 14.3 Å². The molecule has 18 heavy (non-hydrogen) atoms. The first-order chi connectivity index (χ1) is 8.73. The van der Waals surface area contributed by atoms with Crippen molar-refractivity contribution >= 4 is 11.6 Å². The Balaban J connectivity index is 2.10. The van der Waals surface area contributed by atoms with Crippen LogP contribution in [0.2, 0.25) is 0 Å². The molecule has 0 aromatic heterocycles. The number of likely N-dealkylation sites (N-methyl/N-ethyl adjacent to an activating group) is 1. The molecule has 0 N–H and O–H groups in total. The van der Waals surface area contributed by atoms with E-state index in [-0.39, 0.29) is 5.91 Å². The number of hydrogen-bond acceptors (Lipinski definition) is 3. The van der Waals surface area contributed by atoms with Crippen LogP contribution in [0.25, 0.3) is 0 Å². The van der Waals surface area contributed by atoms with Crippen molar-refractivity contribution in [2.24, 2.45) is 0 Å². The topological polar surface area (TPSA) is 38.8 Å². The zero-order valence-corrected chi connectivity index (χ0v) is 10.5. The Morgan fingerprint density at radius 3 is 2.89 bits per heavy atom. The van der Waals surface area contributed by atoms with E-state index >= 15 is 0 Å². The maximum Gasteiger partial charge on any atom is 0.276 e. The lowest BCUT2D eigenvalue weighted by Gasteiger charge is -2.23. The number of para-hydroxylation sites is 1. The van der Waals surface area contributed by atoms with Crippen molar-refractivity contribution in [3.8, 4) is 0 Å². The van der Waals surface area contributed by atoms with Gasteiger partial charge in [0.05, 0.1) is 12.8 Å². The third kappa shape index (κ3) is 1.23. The van der Waals surface area contributed by atoms with Crippen molar-refractivity contribution in [1.82, 2.24) is 0 Å². The molecule has 1 aromatic carbocycles. The Kier molecular flexibility index (Phi) is 2.33. The summed E-state index contributed by atoms with van der Waals surface area (Å²) in [6.45, 7) is 2.61. The highest BCUT2D eigenvalue weighted by Crippen LogP contribution is 2.48. The number of fused-ring (bicyclic) bond motifs is 2. The van der Waals surface area contributed by atoms with Crippen LogP contribution in [0.3, 0.4) is 0 Å². The Morgan fingerprint density at radius 2 is 2.22 bits per heavy atom. The lowest BCUT2D eigenvalue weighted by atomic mass is 9.93. The first-order valence-corrected chi connectivity index (χ1v) is 6.07. The van der Waals surface area contributed by atoms with Crippen LogP contribution in [-0.2, 0) is 19.9 Å². The Hall–Kier alpha value is -1.97. The highest BCUT2D eigenvalue weighted by molar-refractivity contribution is 6.07. The molecule has 1 atom stereocenters. The lowest BCUT2D eigenvalue weighted by Crippen LogP contribution is -2.40. The molecule has 0 bridgehead atoms. The first-order valence-electron chi connectivity index (χ1n) is 6.07. The molecule has 0 fully saturated rings. The summed E-state index contributed by atoms with van der Waals surface area (Å²) >= 11 is 0. The molecule has 4 heteroatoms. The van der Waals surface area contributed by atoms with Gasteiger partial charge in [-0.1, -0.05) is 18.2 Å². The molecule has 0 saturated carbocycles. The average molecular weight is 245 g/mol. The second-order valence-corrected chi connectivity index (χ2v) is 4.43. The largest absolute Gasteiger partial charge is 0.469 e. The minimum Gasteiger partial charge on any atom is -0.469 e. The molecule has 0 aliphatic carbocycles. The maximum atomic E-state index is 12.6. The number of carbonyl (C=O) groups excluding carboxylic acids is 1. The highest BCUT2D eigenvalue weighted by atomic mass is 16.7. The van der Waals surface area contributed by atoms with Gasteiger partial charge < -0.3 is 14.4 Å². The van der Waals surface area contributed by atoms with E-state index in [2.05, 4.69) is 0 Å². The fourth-order valence-corrected chi connectivity index (χ4v) is 2.71. The molecule has 2 aliphatic heterocycles. The molecule has 1 aromatic rings. The minimum absolute atomic E-state index is 0.00509. The monoisotopic (exact) mass is 245 g/mol. The van der Waals surface area contributed by atoms with Gasteiger partial charge in [-0.15, -0.1) is 0 Å². The summed E-state index contributed by atoms with van der Waals surface area (Å²) in [5.74, 6) is 0.422. The third-order valence-corrected chi connectivity index (χ3v) is 3.57. The molecule has 0 saturated heterocycles. The van der Waals surface area contributed by atoms with Crippen molar-refractivity contribution in [2.45, 2.75) is 18.9 Å². The van der Waals surface area contributed by atoms with Gasteiger partial charge in [-0.05, 0) is 13.0 Å². The quantitative estimate of drug-likeness (QED) is 0.801. The molecule has 0 radical (unpaired) electrons. The molecule has 1 amide bonds. The number of amides is 1. The van der Waals surface area contributed by atoms with E-state index < -0.39 is 5.60 Å². The average Bonchev–Trinajstić information content (AvgIpc) is 2.94. The van der Waals surface area contributed by atoms with Gasteiger partial charge in [0.2, 0.25) is 5.60 Å². The van der Waals surface area contributed by atoms with E-state index in [9.17, 15) is 4.79 Å². The number of nitrogens with zero attached hydrogens (tertiary/aromatic N) is 1. The minimum atomic E-state index is -0.905. The van der Waals surface area contributed by atoms with Crippen molar-refractivity contribution in [3.05, 3.63) is 41.9 Å². The van der Waals surface area contributed by atoms with Crippen LogP contribution in [0, 0.1) is 0 Å². The molecular formula is C14H15NO3. The molecule has 2 heterocycles. The first kappa shape index (κ1) is 11.1. The number of benzene rings is 1. The SMILES string of the molecule is CCN1C(=O)C2(CC=C(OC)O2)c2ccccc21. The van der Waals surface area contributed by atoms with E-state index in [1.807, 2.05) is 37.3 Å². The fraction of sp³-hybridized carbons (Fsp3) is 0.357. The zero-order valence-electron chi connectivity index (χ0n) is 10.5. The normalized spacial score (nSPS) is 25.1. The van der Waals surface area contributed by atoms with E-state index in [4.69, 9.17) is 9.47 Å².